The number of hydrogen-bond acceptors (Lipinski definition) is 1. The predicted molar refractivity (Wildman–Crippen MR) is 210 cm³/mol. The van der Waals surface area contributed by atoms with E-state index in [0.717, 1.165) is 33.4 Å². The molecule has 1 spiro atoms. The second-order valence-electron chi connectivity index (χ2n) is 13.9. The molecule has 0 aliphatic heterocycles. The van der Waals surface area contributed by atoms with E-state index in [2.05, 4.69) is 180 Å². The fourth-order valence-electron chi connectivity index (χ4n) is 9.74. The molecule has 0 saturated heterocycles. The van der Waals surface area contributed by atoms with Crippen LogP contribution in [-0.2, 0) is 5.41 Å². The lowest BCUT2D eigenvalue weighted by molar-refractivity contribution is 0.669. The molecule has 2 heterocycles. The number of hydrogen-bond donors (Lipinski definition) is 0. The highest BCUT2D eigenvalue weighted by molar-refractivity contribution is 6.26. The summed E-state index contributed by atoms with van der Waals surface area (Å²) < 4.78 is 9.38. The Balaban J connectivity index is 1.37. The van der Waals surface area contributed by atoms with Crippen LogP contribution in [0.2, 0.25) is 0 Å². The first-order valence-corrected chi connectivity index (χ1v) is 17.7. The molecule has 0 radical (unpaired) electrons. The van der Waals surface area contributed by atoms with Gasteiger partial charge in [-0.1, -0.05) is 140 Å². The minimum atomic E-state index is -0.516. The third-order valence-corrected chi connectivity index (χ3v) is 11.6. The molecule has 2 heteroatoms. The normalized spacial score (nSPS) is 13.6. The van der Waals surface area contributed by atoms with Crippen molar-refractivity contribution in [2.24, 2.45) is 0 Å². The zero-order chi connectivity index (χ0) is 33.3. The molecule has 0 atom stereocenters. The lowest BCUT2D eigenvalue weighted by Crippen LogP contribution is -2.26. The molecular formula is C49H29NO. The van der Waals surface area contributed by atoms with E-state index in [0.29, 0.717) is 0 Å². The molecule has 0 N–H and O–H groups in total. The van der Waals surface area contributed by atoms with Gasteiger partial charge >= 0.3 is 0 Å². The molecule has 0 bridgehead atoms. The molecule has 2 aliphatic rings. The Hall–Kier alpha value is -6.64. The van der Waals surface area contributed by atoms with Crippen LogP contribution in [0, 0.1) is 0 Å². The monoisotopic (exact) mass is 647 g/mol. The Morgan fingerprint density at radius 2 is 1.02 bits per heavy atom. The van der Waals surface area contributed by atoms with Crippen LogP contribution in [0.5, 0.6) is 0 Å². The van der Waals surface area contributed by atoms with Gasteiger partial charge in [0.05, 0.1) is 16.4 Å². The lowest BCUT2D eigenvalue weighted by Gasteiger charge is -2.31. The van der Waals surface area contributed by atoms with Gasteiger partial charge < -0.3 is 8.98 Å². The number of benzene rings is 8. The average Bonchev–Trinajstić information content (AvgIpc) is 3.92. The molecule has 0 saturated carbocycles. The topological polar surface area (TPSA) is 18.1 Å². The van der Waals surface area contributed by atoms with Gasteiger partial charge in [0.2, 0.25) is 0 Å². The Morgan fingerprint density at radius 3 is 1.78 bits per heavy atom. The van der Waals surface area contributed by atoms with Gasteiger partial charge in [0.15, 0.2) is 0 Å². The van der Waals surface area contributed by atoms with E-state index in [1.165, 1.54) is 71.7 Å². The minimum absolute atomic E-state index is 0.516. The first-order chi connectivity index (χ1) is 25.3. The van der Waals surface area contributed by atoms with Crippen molar-refractivity contribution in [2.75, 3.05) is 0 Å². The maximum absolute atomic E-state index is 6.94. The summed E-state index contributed by atoms with van der Waals surface area (Å²) in [6, 6.07) is 64.5. The number of rotatable bonds is 2. The van der Waals surface area contributed by atoms with Crippen LogP contribution in [0.1, 0.15) is 22.3 Å². The van der Waals surface area contributed by atoms with Crippen LogP contribution < -0.4 is 0 Å². The summed E-state index contributed by atoms with van der Waals surface area (Å²) in [7, 11) is 0. The van der Waals surface area contributed by atoms with E-state index in [-0.39, 0.29) is 0 Å². The van der Waals surface area contributed by atoms with Crippen molar-refractivity contribution in [3.63, 3.8) is 0 Å². The van der Waals surface area contributed by atoms with Crippen molar-refractivity contribution in [3.05, 3.63) is 198 Å². The smallest absolute Gasteiger partial charge is 0.143 e. The molecule has 0 fully saturated rings. The van der Waals surface area contributed by atoms with Crippen LogP contribution in [0.3, 0.4) is 0 Å². The Labute approximate surface area is 294 Å². The van der Waals surface area contributed by atoms with Crippen LogP contribution in [0.4, 0.5) is 0 Å². The number of aromatic nitrogens is 1. The number of fused-ring (bicyclic) bond motifs is 18. The molecule has 12 rings (SSSR count). The summed E-state index contributed by atoms with van der Waals surface area (Å²) in [5.74, 6) is 0. The highest BCUT2D eigenvalue weighted by atomic mass is 16.3. The molecule has 236 valence electrons. The summed E-state index contributed by atoms with van der Waals surface area (Å²) in [4.78, 5) is 0. The highest BCUT2D eigenvalue weighted by Crippen LogP contribution is 2.66. The van der Waals surface area contributed by atoms with Gasteiger partial charge in [-0.3, -0.25) is 0 Å². The third-order valence-electron chi connectivity index (χ3n) is 11.6. The van der Waals surface area contributed by atoms with Gasteiger partial charge in [-0.15, -0.1) is 0 Å². The van der Waals surface area contributed by atoms with E-state index in [9.17, 15) is 0 Å². The van der Waals surface area contributed by atoms with Gasteiger partial charge in [0.1, 0.15) is 11.2 Å². The SMILES string of the molecule is c1ccc(-c2cc3c(c4c2oc2ccccc24)-c2c(ccc4c2c2ccccc2n4-c2ccccc2)C32c3ccccc3-c3ccccc32)cc1. The van der Waals surface area contributed by atoms with E-state index < -0.39 is 5.41 Å². The zero-order valence-corrected chi connectivity index (χ0v) is 27.6. The number of furan rings is 1. The molecule has 0 unspecified atom stereocenters. The van der Waals surface area contributed by atoms with Gasteiger partial charge in [-0.2, -0.15) is 0 Å². The summed E-state index contributed by atoms with van der Waals surface area (Å²) in [5, 5.41) is 4.87. The van der Waals surface area contributed by atoms with Crippen molar-refractivity contribution in [1.29, 1.82) is 0 Å². The summed E-state index contributed by atoms with van der Waals surface area (Å²) in [6.45, 7) is 0. The minimum Gasteiger partial charge on any atom is -0.455 e. The Kier molecular flexibility index (Phi) is 5.20. The summed E-state index contributed by atoms with van der Waals surface area (Å²) in [6.07, 6.45) is 0. The largest absolute Gasteiger partial charge is 0.455 e. The van der Waals surface area contributed by atoms with Crippen molar-refractivity contribution in [1.82, 2.24) is 4.57 Å². The highest BCUT2D eigenvalue weighted by Gasteiger charge is 2.53. The number of nitrogens with zero attached hydrogens (tertiary/aromatic N) is 1. The van der Waals surface area contributed by atoms with Crippen LogP contribution in [0.25, 0.3) is 82.8 Å². The molecule has 2 aromatic heterocycles. The first-order valence-electron chi connectivity index (χ1n) is 17.7. The van der Waals surface area contributed by atoms with Crippen molar-refractivity contribution in [2.45, 2.75) is 5.41 Å². The molecule has 51 heavy (non-hydrogen) atoms. The van der Waals surface area contributed by atoms with E-state index in [1.807, 2.05) is 0 Å². The molecule has 10 aromatic rings. The van der Waals surface area contributed by atoms with Crippen LogP contribution >= 0.6 is 0 Å². The Morgan fingerprint density at radius 1 is 0.412 bits per heavy atom. The molecular weight excluding hydrogens is 619 g/mol. The van der Waals surface area contributed by atoms with Gasteiger partial charge in [-0.05, 0) is 86.5 Å². The maximum Gasteiger partial charge on any atom is 0.143 e. The van der Waals surface area contributed by atoms with Gasteiger partial charge in [0, 0.05) is 32.8 Å². The van der Waals surface area contributed by atoms with Crippen molar-refractivity contribution in [3.8, 4) is 39.1 Å². The first kappa shape index (κ1) is 27.2. The summed E-state index contributed by atoms with van der Waals surface area (Å²) in [5.41, 5.74) is 17.7. The predicted octanol–water partition coefficient (Wildman–Crippen LogP) is 12.7. The maximum atomic E-state index is 6.94. The lowest BCUT2D eigenvalue weighted by atomic mass is 9.70. The van der Waals surface area contributed by atoms with E-state index in [4.69, 9.17) is 4.42 Å². The molecule has 2 aliphatic carbocycles. The van der Waals surface area contributed by atoms with E-state index >= 15 is 0 Å². The van der Waals surface area contributed by atoms with Crippen molar-refractivity contribution < 1.29 is 4.42 Å². The van der Waals surface area contributed by atoms with Gasteiger partial charge in [-0.25, -0.2) is 0 Å². The van der Waals surface area contributed by atoms with Crippen LogP contribution in [-0.4, -0.2) is 4.57 Å². The third kappa shape index (κ3) is 3.28. The van der Waals surface area contributed by atoms with E-state index in [1.54, 1.807) is 0 Å². The van der Waals surface area contributed by atoms with Crippen molar-refractivity contribution >= 4 is 43.7 Å². The quantitative estimate of drug-likeness (QED) is 0.183. The Bertz CT molecular complexity index is 3020. The molecule has 0 amide bonds. The summed E-state index contributed by atoms with van der Waals surface area (Å²) >= 11 is 0. The molecule has 2 nitrogen and oxygen atoms in total. The van der Waals surface area contributed by atoms with Crippen LogP contribution in [0.15, 0.2) is 180 Å². The fraction of sp³-hybridized carbons (Fsp3) is 0.0204. The second kappa shape index (κ2) is 9.74. The zero-order valence-electron chi connectivity index (χ0n) is 27.6. The van der Waals surface area contributed by atoms with Gasteiger partial charge in [0.25, 0.3) is 0 Å². The fourth-order valence-corrected chi connectivity index (χ4v) is 9.74. The standard InChI is InChI=1S/C49H29NO/c1-3-15-30(16-4-1)36-29-40-47(45-35-22-10-14-26-43(35)51-48(36)45)46-39(49(40)37-23-11-7-19-32(37)33-20-8-12-24-38(33)49)27-28-42-44(46)34-21-9-13-25-41(34)50(42)31-17-5-2-6-18-31/h1-29H. The number of para-hydroxylation sites is 3. The molecule has 8 aromatic carbocycles. The average molecular weight is 648 g/mol. The second-order valence-corrected chi connectivity index (χ2v) is 13.9.